The van der Waals surface area contributed by atoms with E-state index in [2.05, 4.69) is 0 Å². The van der Waals surface area contributed by atoms with Crippen molar-refractivity contribution in [3.63, 3.8) is 0 Å². The van der Waals surface area contributed by atoms with Crippen molar-refractivity contribution in [1.82, 2.24) is 0 Å². The number of nitro benzene ring substituents is 1. The summed E-state index contributed by atoms with van der Waals surface area (Å²) in [5.74, 6) is 1.02. The summed E-state index contributed by atoms with van der Waals surface area (Å²) in [5, 5.41) is 20.3. The van der Waals surface area contributed by atoms with E-state index in [9.17, 15) is 15.2 Å². The van der Waals surface area contributed by atoms with Crippen molar-refractivity contribution < 1.29 is 14.8 Å². The smallest absolute Gasteiger partial charge is 0.276 e. The van der Waals surface area contributed by atoms with Gasteiger partial charge in [0.2, 0.25) is 0 Å². The van der Waals surface area contributed by atoms with Gasteiger partial charge in [-0.05, 0) is 37.6 Å². The van der Waals surface area contributed by atoms with Gasteiger partial charge < -0.3 is 9.84 Å². The van der Waals surface area contributed by atoms with Crippen molar-refractivity contribution in [2.45, 2.75) is 20.0 Å². The fourth-order valence-corrected chi connectivity index (χ4v) is 1.85. The maximum Gasteiger partial charge on any atom is 0.276 e. The molecule has 0 aliphatic heterocycles. The van der Waals surface area contributed by atoms with Gasteiger partial charge in [-0.3, -0.25) is 10.1 Å². The Kier molecular flexibility index (Phi) is 4.00. The van der Waals surface area contributed by atoms with Crippen molar-refractivity contribution in [1.29, 1.82) is 0 Å². The molecule has 1 atom stereocenters. The normalized spacial score (nSPS) is 11.9. The van der Waals surface area contributed by atoms with Crippen LogP contribution in [0.15, 0.2) is 42.5 Å². The highest BCUT2D eigenvalue weighted by atomic mass is 16.6. The first-order valence-electron chi connectivity index (χ1n) is 6.19. The molecule has 2 aromatic rings. The Morgan fingerprint density at radius 1 is 1.20 bits per heavy atom. The van der Waals surface area contributed by atoms with Crippen LogP contribution in [-0.2, 0) is 0 Å². The van der Waals surface area contributed by atoms with Crippen LogP contribution in [0.5, 0.6) is 11.5 Å². The van der Waals surface area contributed by atoms with Gasteiger partial charge in [0, 0.05) is 6.07 Å². The highest BCUT2D eigenvalue weighted by Gasteiger charge is 2.14. The van der Waals surface area contributed by atoms with Crippen LogP contribution in [-0.4, -0.2) is 10.0 Å². The molecule has 0 aliphatic rings. The first-order valence-corrected chi connectivity index (χ1v) is 6.19. The average Bonchev–Trinajstić information content (AvgIpc) is 2.41. The number of benzene rings is 2. The topological polar surface area (TPSA) is 72.6 Å². The first kappa shape index (κ1) is 14.0. The second-order valence-corrected chi connectivity index (χ2v) is 4.50. The Balaban J connectivity index is 2.26. The molecule has 0 aromatic heterocycles. The predicted octanol–water partition coefficient (Wildman–Crippen LogP) is 3.75. The van der Waals surface area contributed by atoms with Crippen LogP contribution in [0.2, 0.25) is 0 Å². The van der Waals surface area contributed by atoms with Crippen LogP contribution in [0.25, 0.3) is 0 Å². The maximum atomic E-state index is 10.9. The molecule has 5 heteroatoms. The first-order chi connectivity index (χ1) is 9.49. The maximum absolute atomic E-state index is 10.9. The summed E-state index contributed by atoms with van der Waals surface area (Å²) >= 11 is 0. The van der Waals surface area contributed by atoms with E-state index in [0.717, 1.165) is 5.56 Å². The molecule has 104 valence electrons. The Morgan fingerprint density at radius 2 is 1.85 bits per heavy atom. The molecule has 1 N–H and O–H groups in total. The summed E-state index contributed by atoms with van der Waals surface area (Å²) in [5.41, 5.74) is 1.30. The largest absolute Gasteiger partial charge is 0.457 e. The third-order valence-corrected chi connectivity index (χ3v) is 3.04. The van der Waals surface area contributed by atoms with Crippen molar-refractivity contribution in [2.24, 2.45) is 0 Å². The van der Waals surface area contributed by atoms with E-state index in [4.69, 9.17) is 4.74 Å². The third-order valence-electron chi connectivity index (χ3n) is 3.04. The summed E-state index contributed by atoms with van der Waals surface area (Å²) < 4.78 is 5.65. The van der Waals surface area contributed by atoms with Crippen molar-refractivity contribution in [3.8, 4) is 11.5 Å². The van der Waals surface area contributed by atoms with Gasteiger partial charge in [-0.25, -0.2) is 0 Å². The molecule has 0 radical (unpaired) electrons. The van der Waals surface area contributed by atoms with Gasteiger partial charge in [-0.1, -0.05) is 18.2 Å². The Labute approximate surface area is 116 Å². The number of nitrogens with zero attached hydrogens (tertiary/aromatic N) is 1. The summed E-state index contributed by atoms with van der Waals surface area (Å²) in [7, 11) is 0. The quantitative estimate of drug-likeness (QED) is 0.680. The molecule has 0 spiro atoms. The molecular formula is C15H15NO4. The Hall–Kier alpha value is -2.40. The summed E-state index contributed by atoms with van der Waals surface area (Å²) in [6, 6.07) is 11.7. The minimum Gasteiger partial charge on any atom is -0.457 e. The number of hydrogen-bond acceptors (Lipinski definition) is 4. The number of hydrogen-bond donors (Lipinski definition) is 1. The highest BCUT2D eigenvalue weighted by molar-refractivity contribution is 5.49. The number of aliphatic hydroxyl groups is 1. The van der Waals surface area contributed by atoms with E-state index in [1.165, 1.54) is 6.07 Å². The number of ether oxygens (including phenoxy) is 1. The van der Waals surface area contributed by atoms with E-state index in [1.807, 2.05) is 0 Å². The van der Waals surface area contributed by atoms with Gasteiger partial charge in [0.25, 0.3) is 5.69 Å². The van der Waals surface area contributed by atoms with E-state index in [1.54, 1.807) is 50.2 Å². The summed E-state index contributed by atoms with van der Waals surface area (Å²) in [6.45, 7) is 3.33. The molecule has 20 heavy (non-hydrogen) atoms. The number of rotatable bonds is 4. The van der Waals surface area contributed by atoms with Crippen LogP contribution in [0.1, 0.15) is 24.2 Å². The monoisotopic (exact) mass is 273 g/mol. The molecule has 5 nitrogen and oxygen atoms in total. The molecule has 2 rings (SSSR count). The van der Waals surface area contributed by atoms with E-state index < -0.39 is 11.0 Å². The van der Waals surface area contributed by atoms with Crippen LogP contribution >= 0.6 is 0 Å². The van der Waals surface area contributed by atoms with Crippen molar-refractivity contribution in [2.75, 3.05) is 0 Å². The number of aliphatic hydroxyl groups excluding tert-OH is 1. The molecule has 0 unspecified atom stereocenters. The molecule has 0 amide bonds. The van der Waals surface area contributed by atoms with Crippen LogP contribution < -0.4 is 4.74 Å². The highest BCUT2D eigenvalue weighted by Crippen LogP contribution is 2.31. The zero-order valence-electron chi connectivity index (χ0n) is 11.2. The van der Waals surface area contributed by atoms with Gasteiger partial charge in [-0.15, -0.1) is 0 Å². The lowest BCUT2D eigenvalue weighted by atomic mass is 10.1. The zero-order chi connectivity index (χ0) is 14.7. The lowest BCUT2D eigenvalue weighted by Gasteiger charge is -2.10. The van der Waals surface area contributed by atoms with E-state index in [0.29, 0.717) is 17.1 Å². The van der Waals surface area contributed by atoms with E-state index in [-0.39, 0.29) is 5.69 Å². The lowest BCUT2D eigenvalue weighted by molar-refractivity contribution is -0.385. The lowest BCUT2D eigenvalue weighted by Crippen LogP contribution is -1.95. The Bertz CT molecular complexity index is 620. The molecule has 0 heterocycles. The van der Waals surface area contributed by atoms with Gasteiger partial charge in [0.15, 0.2) is 0 Å². The van der Waals surface area contributed by atoms with Gasteiger partial charge >= 0.3 is 0 Å². The minimum absolute atomic E-state index is 0.0306. The zero-order valence-corrected chi connectivity index (χ0v) is 11.2. The summed E-state index contributed by atoms with van der Waals surface area (Å²) in [4.78, 5) is 10.4. The average molecular weight is 273 g/mol. The molecule has 2 aromatic carbocycles. The molecule has 0 aliphatic carbocycles. The van der Waals surface area contributed by atoms with Crippen LogP contribution in [0, 0.1) is 17.0 Å². The third kappa shape index (κ3) is 2.95. The molecule has 0 saturated heterocycles. The fourth-order valence-electron chi connectivity index (χ4n) is 1.85. The van der Waals surface area contributed by atoms with Gasteiger partial charge in [0.1, 0.15) is 11.5 Å². The predicted molar refractivity (Wildman–Crippen MR) is 75.0 cm³/mol. The van der Waals surface area contributed by atoms with Crippen LogP contribution in [0.4, 0.5) is 5.69 Å². The van der Waals surface area contributed by atoms with Gasteiger partial charge in [0.05, 0.1) is 16.6 Å². The van der Waals surface area contributed by atoms with Crippen LogP contribution in [0.3, 0.4) is 0 Å². The second kappa shape index (κ2) is 5.71. The number of nitro groups is 1. The minimum atomic E-state index is -0.538. The molecule has 0 saturated carbocycles. The second-order valence-electron chi connectivity index (χ2n) is 4.50. The van der Waals surface area contributed by atoms with Gasteiger partial charge in [-0.2, -0.15) is 0 Å². The SMILES string of the molecule is Cc1c(Oc2ccc([C@@H](C)O)cc2)cccc1[N+](=O)[O-]. The molecule has 0 fully saturated rings. The van der Waals surface area contributed by atoms with Crippen molar-refractivity contribution in [3.05, 3.63) is 63.7 Å². The molecular weight excluding hydrogens is 258 g/mol. The molecule has 0 bridgehead atoms. The standard InChI is InChI=1S/C15H15NO4/c1-10-14(16(18)19)4-3-5-15(10)20-13-8-6-12(7-9-13)11(2)17/h3-9,11,17H,1-2H3/t11-/m1/s1. The fraction of sp³-hybridized carbons (Fsp3) is 0.200. The Morgan fingerprint density at radius 3 is 2.40 bits per heavy atom. The summed E-state index contributed by atoms with van der Waals surface area (Å²) in [6.07, 6.45) is -0.538. The van der Waals surface area contributed by atoms with Crippen molar-refractivity contribution >= 4 is 5.69 Å². The van der Waals surface area contributed by atoms with E-state index >= 15 is 0 Å².